The molecule has 19 heavy (non-hydrogen) atoms. The van der Waals surface area contributed by atoms with Gasteiger partial charge in [0, 0.05) is 18.0 Å². The summed E-state index contributed by atoms with van der Waals surface area (Å²) < 4.78 is 27.9. The van der Waals surface area contributed by atoms with E-state index in [0.29, 0.717) is 17.9 Å². The lowest BCUT2D eigenvalue weighted by Gasteiger charge is -2.10. The van der Waals surface area contributed by atoms with Gasteiger partial charge in [0.1, 0.15) is 12.4 Å². The van der Waals surface area contributed by atoms with Gasteiger partial charge in [-0.25, -0.2) is 13.6 Å². The maximum atomic E-state index is 11.1. The molecule has 1 heterocycles. The number of pyridine rings is 1. The molecule has 0 fully saturated rings. The lowest BCUT2D eigenvalue weighted by Crippen LogP contribution is -2.15. The van der Waals surface area contributed by atoms with Crippen LogP contribution in [0.3, 0.4) is 0 Å². The first-order valence-corrected chi connectivity index (χ1v) is 7.36. The molecule has 0 atom stereocenters. The van der Waals surface area contributed by atoms with Crippen LogP contribution in [0.4, 0.5) is 0 Å². The summed E-state index contributed by atoms with van der Waals surface area (Å²) in [6, 6.07) is 11.2. The van der Waals surface area contributed by atoms with E-state index in [4.69, 9.17) is 9.88 Å². The number of hydrogen-bond donors (Lipinski definition) is 1. The fraction of sp³-hybridized carbons (Fsp3) is 0.154. The molecule has 1 aromatic carbocycles. The molecular formula is C13H14N2O3S. The predicted octanol–water partition coefficient (Wildman–Crippen LogP) is 1.45. The van der Waals surface area contributed by atoms with Crippen LogP contribution in [0.1, 0.15) is 11.1 Å². The van der Waals surface area contributed by atoms with Gasteiger partial charge >= 0.3 is 0 Å². The Balaban J connectivity index is 2.12. The van der Waals surface area contributed by atoms with Gasteiger partial charge in [0.2, 0.25) is 10.0 Å². The smallest absolute Gasteiger partial charge is 0.213 e. The molecule has 100 valence electrons. The fourth-order valence-electron chi connectivity index (χ4n) is 1.62. The van der Waals surface area contributed by atoms with Crippen molar-refractivity contribution in [1.29, 1.82) is 0 Å². The molecule has 0 aliphatic rings. The zero-order valence-electron chi connectivity index (χ0n) is 10.2. The predicted molar refractivity (Wildman–Crippen MR) is 71.8 cm³/mol. The van der Waals surface area contributed by atoms with Gasteiger partial charge in [-0.3, -0.25) is 4.98 Å². The van der Waals surface area contributed by atoms with Crippen molar-refractivity contribution in [1.82, 2.24) is 4.98 Å². The normalized spacial score (nSPS) is 11.2. The summed E-state index contributed by atoms with van der Waals surface area (Å²) in [4.78, 5) is 3.88. The van der Waals surface area contributed by atoms with Crippen molar-refractivity contribution in [3.8, 4) is 5.75 Å². The van der Waals surface area contributed by atoms with Crippen molar-refractivity contribution in [2.75, 3.05) is 0 Å². The van der Waals surface area contributed by atoms with Crippen molar-refractivity contribution in [2.45, 2.75) is 12.4 Å². The number of nitrogens with two attached hydrogens (primary N) is 1. The summed E-state index contributed by atoms with van der Waals surface area (Å²) in [5.41, 5.74) is 1.46. The third-order valence-corrected chi connectivity index (χ3v) is 3.17. The molecule has 2 rings (SSSR count). The number of hydrogen-bond acceptors (Lipinski definition) is 4. The third kappa shape index (κ3) is 4.35. The maximum absolute atomic E-state index is 11.1. The van der Waals surface area contributed by atoms with Crippen LogP contribution in [0, 0.1) is 0 Å². The SMILES string of the molecule is NS(=O)(=O)Cc1cnccc1OCc1ccccc1. The first-order chi connectivity index (χ1) is 9.04. The Hall–Kier alpha value is -1.92. The minimum Gasteiger partial charge on any atom is -0.488 e. The Morgan fingerprint density at radius 1 is 1.16 bits per heavy atom. The topological polar surface area (TPSA) is 82.3 Å². The number of rotatable bonds is 5. The summed E-state index contributed by atoms with van der Waals surface area (Å²) in [5.74, 6) is 0.193. The summed E-state index contributed by atoms with van der Waals surface area (Å²) in [6.45, 7) is 0.364. The van der Waals surface area contributed by atoms with Crippen molar-refractivity contribution < 1.29 is 13.2 Å². The fourth-order valence-corrected chi connectivity index (χ4v) is 2.27. The molecule has 0 saturated carbocycles. The van der Waals surface area contributed by atoms with Gasteiger partial charge in [0.05, 0.1) is 5.75 Å². The molecule has 0 unspecified atom stereocenters. The monoisotopic (exact) mass is 278 g/mol. The molecular weight excluding hydrogens is 264 g/mol. The Labute approximate surface area is 112 Å². The van der Waals surface area contributed by atoms with Gasteiger partial charge in [-0.05, 0) is 11.6 Å². The van der Waals surface area contributed by atoms with Crippen LogP contribution < -0.4 is 9.88 Å². The van der Waals surface area contributed by atoms with Crippen molar-refractivity contribution in [2.24, 2.45) is 5.14 Å². The Morgan fingerprint density at radius 2 is 1.89 bits per heavy atom. The third-order valence-electron chi connectivity index (χ3n) is 2.45. The molecule has 0 aliphatic carbocycles. The van der Waals surface area contributed by atoms with Crippen molar-refractivity contribution >= 4 is 10.0 Å². The van der Waals surface area contributed by atoms with Gasteiger partial charge < -0.3 is 4.74 Å². The molecule has 0 amide bonds. The quantitative estimate of drug-likeness (QED) is 0.897. The molecule has 2 aromatic rings. The second-order valence-corrected chi connectivity index (χ2v) is 5.68. The Morgan fingerprint density at radius 3 is 2.58 bits per heavy atom. The highest BCUT2D eigenvalue weighted by atomic mass is 32.2. The second kappa shape index (κ2) is 5.81. The minimum absolute atomic E-state index is 0.287. The van der Waals surface area contributed by atoms with Crippen molar-refractivity contribution in [3.05, 3.63) is 59.9 Å². The summed E-state index contributed by atoms with van der Waals surface area (Å²) in [6.07, 6.45) is 3.00. The number of sulfonamides is 1. The molecule has 0 saturated heterocycles. The van der Waals surface area contributed by atoms with Crippen LogP contribution in [0.25, 0.3) is 0 Å². The van der Waals surface area contributed by atoms with Gasteiger partial charge in [-0.2, -0.15) is 0 Å². The summed E-state index contributed by atoms with van der Waals surface area (Å²) in [7, 11) is -3.60. The molecule has 0 bridgehead atoms. The van der Waals surface area contributed by atoms with Gasteiger partial charge in [-0.15, -0.1) is 0 Å². The highest BCUT2D eigenvalue weighted by Gasteiger charge is 2.11. The van der Waals surface area contributed by atoms with Gasteiger partial charge in [-0.1, -0.05) is 30.3 Å². The lowest BCUT2D eigenvalue weighted by molar-refractivity contribution is 0.303. The largest absolute Gasteiger partial charge is 0.488 e. The van der Waals surface area contributed by atoms with E-state index in [2.05, 4.69) is 4.98 Å². The maximum Gasteiger partial charge on any atom is 0.213 e. The molecule has 5 nitrogen and oxygen atoms in total. The Bertz CT molecular complexity index is 642. The number of nitrogens with zero attached hydrogens (tertiary/aromatic N) is 1. The lowest BCUT2D eigenvalue weighted by atomic mass is 10.2. The number of ether oxygens (including phenoxy) is 1. The number of benzene rings is 1. The molecule has 6 heteroatoms. The average molecular weight is 278 g/mol. The standard InChI is InChI=1S/C13H14N2O3S/c14-19(16,17)10-12-8-15-7-6-13(12)18-9-11-4-2-1-3-5-11/h1-8H,9-10H2,(H2,14,16,17). The molecule has 0 aliphatic heterocycles. The minimum atomic E-state index is -3.60. The Kier molecular flexibility index (Phi) is 4.13. The first kappa shape index (κ1) is 13.5. The van der Waals surface area contributed by atoms with E-state index in [1.54, 1.807) is 12.3 Å². The van der Waals surface area contributed by atoms with Crippen LogP contribution in [0.15, 0.2) is 48.8 Å². The molecule has 2 N–H and O–H groups in total. The first-order valence-electron chi connectivity index (χ1n) is 5.65. The van der Waals surface area contributed by atoms with Crippen LogP contribution >= 0.6 is 0 Å². The molecule has 0 spiro atoms. The van der Waals surface area contributed by atoms with E-state index in [1.807, 2.05) is 30.3 Å². The highest BCUT2D eigenvalue weighted by Crippen LogP contribution is 2.19. The summed E-state index contributed by atoms with van der Waals surface area (Å²) in [5, 5.41) is 5.03. The number of primary sulfonamides is 1. The average Bonchev–Trinajstić information content (AvgIpc) is 2.37. The highest BCUT2D eigenvalue weighted by molar-refractivity contribution is 7.88. The van der Waals surface area contributed by atoms with Gasteiger partial charge in [0.15, 0.2) is 0 Å². The van der Waals surface area contributed by atoms with E-state index in [9.17, 15) is 8.42 Å². The van der Waals surface area contributed by atoms with E-state index >= 15 is 0 Å². The number of aromatic nitrogens is 1. The zero-order valence-corrected chi connectivity index (χ0v) is 11.0. The van der Waals surface area contributed by atoms with Crippen LogP contribution in [-0.2, 0) is 22.4 Å². The van der Waals surface area contributed by atoms with Crippen LogP contribution in [0.5, 0.6) is 5.75 Å². The van der Waals surface area contributed by atoms with Gasteiger partial charge in [0.25, 0.3) is 0 Å². The van der Waals surface area contributed by atoms with E-state index in [1.165, 1.54) is 6.20 Å². The molecule has 1 aromatic heterocycles. The summed E-state index contributed by atoms with van der Waals surface area (Å²) >= 11 is 0. The molecule has 0 radical (unpaired) electrons. The zero-order chi connectivity index (χ0) is 13.7. The van der Waals surface area contributed by atoms with E-state index in [-0.39, 0.29) is 5.75 Å². The van der Waals surface area contributed by atoms with E-state index < -0.39 is 10.0 Å². The van der Waals surface area contributed by atoms with Crippen LogP contribution in [0.2, 0.25) is 0 Å². The second-order valence-electron chi connectivity index (χ2n) is 4.06. The van der Waals surface area contributed by atoms with Crippen molar-refractivity contribution in [3.63, 3.8) is 0 Å². The van der Waals surface area contributed by atoms with E-state index in [0.717, 1.165) is 5.56 Å². The van der Waals surface area contributed by atoms with Crippen LogP contribution in [-0.4, -0.2) is 13.4 Å².